The molecule has 0 amide bonds. The van der Waals surface area contributed by atoms with E-state index in [-0.39, 0.29) is 11.7 Å². The number of aromatic nitrogens is 5. The molecule has 5 rings (SSSR count). The van der Waals surface area contributed by atoms with Crippen molar-refractivity contribution in [2.24, 2.45) is 0 Å². The highest BCUT2D eigenvalue weighted by atomic mass is 16.5. The molecule has 3 N–H and O–H groups in total. The fraction of sp³-hybridized carbons (Fsp3) is 0.333. The zero-order valence-corrected chi connectivity index (χ0v) is 21.4. The highest BCUT2D eigenvalue weighted by Crippen LogP contribution is 2.29. The van der Waals surface area contributed by atoms with Crippen LogP contribution in [0.4, 0.5) is 11.5 Å². The van der Waals surface area contributed by atoms with Gasteiger partial charge in [0.15, 0.2) is 11.5 Å². The number of nitrogens with one attached hydrogen (secondary N) is 1. The summed E-state index contributed by atoms with van der Waals surface area (Å²) in [6, 6.07) is 13.7. The molecule has 1 aromatic carbocycles. The molecule has 0 bridgehead atoms. The topological polar surface area (TPSA) is 152 Å². The highest BCUT2D eigenvalue weighted by Gasteiger charge is 2.23. The van der Waals surface area contributed by atoms with E-state index in [0.29, 0.717) is 23.0 Å². The van der Waals surface area contributed by atoms with Crippen molar-refractivity contribution >= 4 is 11.5 Å². The zero-order chi connectivity index (χ0) is 26.5. The zero-order valence-electron chi connectivity index (χ0n) is 21.4. The van der Waals surface area contributed by atoms with Gasteiger partial charge in [-0.05, 0) is 50.2 Å². The first-order valence-electron chi connectivity index (χ1n) is 12.4. The van der Waals surface area contributed by atoms with Gasteiger partial charge < -0.3 is 20.2 Å². The van der Waals surface area contributed by atoms with Crippen LogP contribution in [0.15, 0.2) is 53.2 Å². The minimum atomic E-state index is -0.741. The van der Waals surface area contributed by atoms with Crippen LogP contribution in [0.5, 0.6) is 0 Å². The molecule has 0 saturated carbocycles. The molecule has 0 unspecified atom stereocenters. The van der Waals surface area contributed by atoms with Gasteiger partial charge in [0.2, 0.25) is 5.89 Å². The van der Waals surface area contributed by atoms with E-state index in [9.17, 15) is 5.26 Å². The lowest BCUT2D eigenvalue weighted by molar-refractivity contribution is 0.0398. The standard InChI is InChI=1S/C27H29N9O2/c1-27(2,17-28)22-15-19(7-8-31-22)21-16-32-24(29)23(33-21)26-35-34-25(38-26)18-3-5-20(6-4-18)30-9-10-36-11-13-37-14-12-36/h3-8,15-16,30H,9-14H2,1-2H3,(H2,29,32). The first-order chi connectivity index (χ1) is 18.4. The Balaban J connectivity index is 1.30. The number of benzene rings is 1. The first kappa shape index (κ1) is 25.3. The molecular formula is C27H29N9O2. The fourth-order valence-corrected chi connectivity index (χ4v) is 4.03. The molecule has 194 valence electrons. The Hall–Kier alpha value is -4.40. The number of pyridine rings is 1. The molecule has 4 heterocycles. The normalized spacial score (nSPS) is 14.2. The van der Waals surface area contributed by atoms with Crippen LogP contribution >= 0.6 is 0 Å². The van der Waals surface area contributed by atoms with Crippen molar-refractivity contribution in [2.75, 3.05) is 50.4 Å². The second-order valence-corrected chi connectivity index (χ2v) is 9.53. The number of rotatable bonds is 8. The van der Waals surface area contributed by atoms with E-state index >= 15 is 0 Å². The van der Waals surface area contributed by atoms with Crippen LogP contribution in [0.3, 0.4) is 0 Å². The Kier molecular flexibility index (Phi) is 7.26. The summed E-state index contributed by atoms with van der Waals surface area (Å²) >= 11 is 0. The lowest BCUT2D eigenvalue weighted by Gasteiger charge is -2.26. The average Bonchev–Trinajstić information content (AvgIpc) is 3.44. The van der Waals surface area contributed by atoms with Gasteiger partial charge in [-0.25, -0.2) is 9.97 Å². The van der Waals surface area contributed by atoms with E-state index < -0.39 is 5.41 Å². The number of hydrogen-bond acceptors (Lipinski definition) is 11. The van der Waals surface area contributed by atoms with Crippen molar-refractivity contribution in [1.82, 2.24) is 30.0 Å². The van der Waals surface area contributed by atoms with Crippen molar-refractivity contribution in [3.63, 3.8) is 0 Å². The van der Waals surface area contributed by atoms with Crippen LogP contribution < -0.4 is 11.1 Å². The van der Waals surface area contributed by atoms with E-state index in [4.69, 9.17) is 14.9 Å². The number of ether oxygens (including phenoxy) is 1. The third kappa shape index (κ3) is 5.61. The van der Waals surface area contributed by atoms with Crippen molar-refractivity contribution in [2.45, 2.75) is 19.3 Å². The second kappa shape index (κ2) is 10.9. The fourth-order valence-electron chi connectivity index (χ4n) is 4.03. The largest absolute Gasteiger partial charge is 0.414 e. The van der Waals surface area contributed by atoms with Gasteiger partial charge in [-0.1, -0.05) is 0 Å². The Morgan fingerprint density at radius 3 is 2.58 bits per heavy atom. The van der Waals surface area contributed by atoms with Gasteiger partial charge >= 0.3 is 0 Å². The summed E-state index contributed by atoms with van der Waals surface area (Å²) in [5, 5.41) is 21.3. The minimum absolute atomic E-state index is 0.172. The summed E-state index contributed by atoms with van der Waals surface area (Å²) in [6.07, 6.45) is 3.22. The summed E-state index contributed by atoms with van der Waals surface area (Å²) in [5.74, 6) is 0.704. The van der Waals surface area contributed by atoms with Gasteiger partial charge in [0.1, 0.15) is 0 Å². The molecule has 11 nitrogen and oxygen atoms in total. The summed E-state index contributed by atoms with van der Waals surface area (Å²) in [7, 11) is 0. The Morgan fingerprint density at radius 2 is 1.82 bits per heavy atom. The van der Waals surface area contributed by atoms with Gasteiger partial charge in [-0.3, -0.25) is 9.88 Å². The Morgan fingerprint density at radius 1 is 1.05 bits per heavy atom. The Bertz CT molecular complexity index is 1440. The predicted octanol–water partition coefficient (Wildman–Crippen LogP) is 3.38. The smallest absolute Gasteiger partial charge is 0.270 e. The molecule has 4 aromatic rings. The minimum Gasteiger partial charge on any atom is -0.414 e. The molecule has 1 aliphatic rings. The van der Waals surface area contributed by atoms with Crippen LogP contribution in [0, 0.1) is 11.3 Å². The maximum Gasteiger partial charge on any atom is 0.270 e. The predicted molar refractivity (Wildman–Crippen MR) is 143 cm³/mol. The molecule has 1 fully saturated rings. The number of morpholine rings is 1. The molecule has 0 aliphatic carbocycles. The van der Waals surface area contributed by atoms with Crippen molar-refractivity contribution in [3.05, 3.63) is 54.5 Å². The molecule has 3 aromatic heterocycles. The Labute approximate surface area is 220 Å². The molecule has 0 atom stereocenters. The molecule has 0 radical (unpaired) electrons. The van der Waals surface area contributed by atoms with Crippen LogP contribution in [0.25, 0.3) is 34.3 Å². The van der Waals surface area contributed by atoms with Crippen LogP contribution in [0.1, 0.15) is 19.5 Å². The van der Waals surface area contributed by atoms with Gasteiger partial charge in [0.05, 0.1) is 42.3 Å². The van der Waals surface area contributed by atoms with E-state index in [1.54, 1.807) is 18.5 Å². The van der Waals surface area contributed by atoms with Gasteiger partial charge in [-0.2, -0.15) is 5.26 Å². The third-order valence-electron chi connectivity index (χ3n) is 6.40. The second-order valence-electron chi connectivity index (χ2n) is 9.53. The van der Waals surface area contributed by atoms with E-state index in [1.165, 1.54) is 0 Å². The lowest BCUT2D eigenvalue weighted by atomic mass is 9.90. The SMILES string of the molecule is CC(C)(C#N)c1cc(-c2cnc(N)c(-c3nnc(-c4ccc(NCCN5CCOCC5)cc4)o3)n2)ccn1. The first-order valence-corrected chi connectivity index (χ1v) is 12.4. The number of hydrogen-bond donors (Lipinski definition) is 2. The van der Waals surface area contributed by atoms with E-state index in [0.717, 1.165) is 56.2 Å². The van der Waals surface area contributed by atoms with Gasteiger partial charge in [0.25, 0.3) is 5.89 Å². The van der Waals surface area contributed by atoms with E-state index in [1.807, 2.05) is 44.2 Å². The summed E-state index contributed by atoms with van der Waals surface area (Å²) in [4.78, 5) is 15.6. The number of anilines is 2. The van der Waals surface area contributed by atoms with Crippen LogP contribution in [-0.2, 0) is 10.2 Å². The maximum absolute atomic E-state index is 9.47. The van der Waals surface area contributed by atoms with Crippen molar-refractivity contribution < 1.29 is 9.15 Å². The van der Waals surface area contributed by atoms with Crippen molar-refractivity contribution in [1.29, 1.82) is 5.26 Å². The third-order valence-corrected chi connectivity index (χ3v) is 6.40. The van der Waals surface area contributed by atoms with Gasteiger partial charge in [-0.15, -0.1) is 10.2 Å². The van der Waals surface area contributed by atoms with E-state index in [2.05, 4.69) is 41.4 Å². The molecule has 11 heteroatoms. The van der Waals surface area contributed by atoms with Crippen LogP contribution in [-0.4, -0.2) is 69.4 Å². The number of nitrogens with zero attached hydrogens (tertiary/aromatic N) is 7. The molecule has 38 heavy (non-hydrogen) atoms. The quantitative estimate of drug-likeness (QED) is 0.358. The van der Waals surface area contributed by atoms with Crippen LogP contribution in [0.2, 0.25) is 0 Å². The summed E-state index contributed by atoms with van der Waals surface area (Å²) in [5.41, 5.74) is 9.40. The number of nitrogen functional groups attached to an aromatic ring is 1. The number of nitrogens with two attached hydrogens (primary N) is 1. The monoisotopic (exact) mass is 511 g/mol. The summed E-state index contributed by atoms with van der Waals surface area (Å²) in [6.45, 7) is 8.99. The molecular weight excluding hydrogens is 482 g/mol. The maximum atomic E-state index is 9.47. The number of nitriles is 1. The molecule has 0 spiro atoms. The highest BCUT2D eigenvalue weighted by molar-refractivity contribution is 5.69. The van der Waals surface area contributed by atoms with Gasteiger partial charge in [0, 0.05) is 49.2 Å². The van der Waals surface area contributed by atoms with Crippen molar-refractivity contribution in [3.8, 4) is 40.4 Å². The molecule has 1 saturated heterocycles. The lowest BCUT2D eigenvalue weighted by Crippen LogP contribution is -2.38. The summed E-state index contributed by atoms with van der Waals surface area (Å²) < 4.78 is 11.3. The molecule has 1 aliphatic heterocycles. The average molecular weight is 512 g/mol.